The van der Waals surface area contributed by atoms with Crippen molar-refractivity contribution in [2.75, 3.05) is 0 Å². The van der Waals surface area contributed by atoms with Gasteiger partial charge in [0.1, 0.15) is 5.82 Å². The van der Waals surface area contributed by atoms with Crippen molar-refractivity contribution in [3.8, 4) is 0 Å². The maximum absolute atomic E-state index is 12.7. The number of halogens is 1. The number of hydrazine groups is 1. The Morgan fingerprint density at radius 1 is 1.17 bits per heavy atom. The summed E-state index contributed by atoms with van der Waals surface area (Å²) >= 11 is 0. The molecule has 1 heterocycles. The number of rotatable bonds is 3. The van der Waals surface area contributed by atoms with Gasteiger partial charge in [0.05, 0.1) is 6.54 Å². The third-order valence-electron chi connectivity index (χ3n) is 2.45. The topological polar surface area (TPSA) is 59.2 Å². The van der Waals surface area contributed by atoms with Gasteiger partial charge >= 0.3 is 0 Å². The van der Waals surface area contributed by atoms with E-state index >= 15 is 0 Å². The van der Waals surface area contributed by atoms with Crippen LogP contribution in [0.25, 0.3) is 0 Å². The summed E-state index contributed by atoms with van der Waals surface area (Å²) in [6, 6.07) is 9.03. The SMILES string of the molecule is NN(Cc1ccc(F)cc1)C(=O)c1ccncc1. The zero-order chi connectivity index (χ0) is 13.0. The first-order valence-corrected chi connectivity index (χ1v) is 5.38. The van der Waals surface area contributed by atoms with Crippen LogP contribution in [0.3, 0.4) is 0 Å². The van der Waals surface area contributed by atoms with E-state index in [1.807, 2.05) is 0 Å². The first kappa shape index (κ1) is 12.2. The van der Waals surface area contributed by atoms with Crippen LogP contribution in [0.15, 0.2) is 48.8 Å². The zero-order valence-electron chi connectivity index (χ0n) is 9.58. The highest BCUT2D eigenvalue weighted by molar-refractivity contribution is 5.93. The molecular formula is C13H12FN3O. The van der Waals surface area contributed by atoms with Crippen LogP contribution in [-0.4, -0.2) is 15.9 Å². The third kappa shape index (κ3) is 2.89. The lowest BCUT2D eigenvalue weighted by molar-refractivity contribution is 0.0743. The standard InChI is InChI=1S/C13H12FN3O/c14-12-3-1-10(2-4-12)9-17(15)13(18)11-5-7-16-8-6-11/h1-8H,9,15H2. The Labute approximate surface area is 104 Å². The van der Waals surface area contributed by atoms with Crippen LogP contribution in [0.5, 0.6) is 0 Å². The van der Waals surface area contributed by atoms with Crippen molar-refractivity contribution in [2.45, 2.75) is 6.54 Å². The predicted octanol–water partition coefficient (Wildman–Crippen LogP) is 1.74. The molecule has 0 atom stereocenters. The average Bonchev–Trinajstić information content (AvgIpc) is 2.41. The van der Waals surface area contributed by atoms with E-state index in [1.165, 1.54) is 24.5 Å². The number of pyridine rings is 1. The second-order valence-corrected chi connectivity index (χ2v) is 3.80. The molecule has 1 amide bonds. The monoisotopic (exact) mass is 245 g/mol. The van der Waals surface area contributed by atoms with Crippen LogP contribution in [0.2, 0.25) is 0 Å². The quantitative estimate of drug-likeness (QED) is 0.509. The Kier molecular flexibility index (Phi) is 3.64. The van der Waals surface area contributed by atoms with Crippen LogP contribution < -0.4 is 5.84 Å². The van der Waals surface area contributed by atoms with Crippen LogP contribution in [0.4, 0.5) is 4.39 Å². The minimum absolute atomic E-state index is 0.224. The Balaban J connectivity index is 2.06. The van der Waals surface area contributed by atoms with E-state index in [4.69, 9.17) is 5.84 Å². The molecule has 0 radical (unpaired) electrons. The summed E-state index contributed by atoms with van der Waals surface area (Å²) in [5.41, 5.74) is 1.23. The highest BCUT2D eigenvalue weighted by Gasteiger charge is 2.12. The summed E-state index contributed by atoms with van der Waals surface area (Å²) in [6.45, 7) is 0.224. The van der Waals surface area contributed by atoms with Gasteiger partial charge in [-0.2, -0.15) is 0 Å². The minimum atomic E-state index is -0.317. The van der Waals surface area contributed by atoms with E-state index in [0.717, 1.165) is 10.6 Å². The summed E-state index contributed by atoms with van der Waals surface area (Å²) in [6.07, 6.45) is 3.05. The number of aromatic nitrogens is 1. The maximum atomic E-state index is 12.7. The molecule has 1 aromatic carbocycles. The van der Waals surface area contributed by atoms with E-state index < -0.39 is 0 Å². The molecule has 0 aliphatic rings. The van der Waals surface area contributed by atoms with E-state index in [9.17, 15) is 9.18 Å². The van der Waals surface area contributed by atoms with Crippen molar-refractivity contribution < 1.29 is 9.18 Å². The second kappa shape index (κ2) is 5.37. The molecule has 1 aromatic heterocycles. The van der Waals surface area contributed by atoms with Crippen molar-refractivity contribution >= 4 is 5.91 Å². The molecule has 0 aliphatic heterocycles. The lowest BCUT2D eigenvalue weighted by Crippen LogP contribution is -2.36. The minimum Gasteiger partial charge on any atom is -0.272 e. The molecule has 0 fully saturated rings. The van der Waals surface area contributed by atoms with Crippen molar-refractivity contribution in [1.29, 1.82) is 0 Å². The van der Waals surface area contributed by atoms with Crippen molar-refractivity contribution in [3.05, 3.63) is 65.7 Å². The third-order valence-corrected chi connectivity index (χ3v) is 2.45. The molecular weight excluding hydrogens is 233 g/mol. The Bertz CT molecular complexity index is 528. The van der Waals surface area contributed by atoms with Gasteiger partial charge in [-0.15, -0.1) is 0 Å². The molecule has 4 nitrogen and oxygen atoms in total. The fraction of sp³-hybridized carbons (Fsp3) is 0.0769. The summed E-state index contributed by atoms with van der Waals surface area (Å²) in [5.74, 6) is 5.07. The molecule has 5 heteroatoms. The van der Waals surface area contributed by atoms with Gasteiger partial charge in [-0.05, 0) is 29.8 Å². The molecule has 0 unspecified atom stereocenters. The number of nitrogens with two attached hydrogens (primary N) is 1. The summed E-state index contributed by atoms with van der Waals surface area (Å²) in [7, 11) is 0. The lowest BCUT2D eigenvalue weighted by atomic mass is 10.2. The molecule has 2 aromatic rings. The van der Waals surface area contributed by atoms with Gasteiger partial charge in [0.15, 0.2) is 0 Å². The number of benzene rings is 1. The predicted molar refractivity (Wildman–Crippen MR) is 64.7 cm³/mol. The number of carbonyl (C=O) groups excluding carboxylic acids is 1. The molecule has 0 spiro atoms. The maximum Gasteiger partial charge on any atom is 0.268 e. The molecule has 0 bridgehead atoms. The molecule has 18 heavy (non-hydrogen) atoms. The molecule has 0 aliphatic carbocycles. The van der Waals surface area contributed by atoms with Gasteiger partial charge in [-0.25, -0.2) is 10.2 Å². The van der Waals surface area contributed by atoms with Crippen LogP contribution in [-0.2, 0) is 6.54 Å². The summed E-state index contributed by atoms with van der Waals surface area (Å²) < 4.78 is 12.7. The van der Waals surface area contributed by atoms with E-state index in [2.05, 4.69) is 4.98 Å². The summed E-state index contributed by atoms with van der Waals surface area (Å²) in [4.78, 5) is 15.7. The smallest absolute Gasteiger partial charge is 0.268 e. The van der Waals surface area contributed by atoms with Gasteiger partial charge in [-0.1, -0.05) is 12.1 Å². The van der Waals surface area contributed by atoms with Gasteiger partial charge < -0.3 is 0 Å². The van der Waals surface area contributed by atoms with Crippen molar-refractivity contribution in [2.24, 2.45) is 5.84 Å². The highest BCUT2D eigenvalue weighted by atomic mass is 19.1. The number of carbonyl (C=O) groups is 1. The molecule has 0 saturated heterocycles. The van der Waals surface area contributed by atoms with E-state index in [-0.39, 0.29) is 18.3 Å². The van der Waals surface area contributed by atoms with Gasteiger partial charge in [0.25, 0.3) is 5.91 Å². The number of hydrogen-bond donors (Lipinski definition) is 1. The average molecular weight is 245 g/mol. The zero-order valence-corrected chi connectivity index (χ0v) is 9.58. The fourth-order valence-corrected chi connectivity index (χ4v) is 1.52. The molecule has 92 valence electrons. The van der Waals surface area contributed by atoms with E-state index in [0.29, 0.717) is 5.56 Å². The van der Waals surface area contributed by atoms with Gasteiger partial charge in [-0.3, -0.25) is 14.8 Å². The van der Waals surface area contributed by atoms with Crippen LogP contribution in [0, 0.1) is 5.82 Å². The highest BCUT2D eigenvalue weighted by Crippen LogP contribution is 2.07. The largest absolute Gasteiger partial charge is 0.272 e. The van der Waals surface area contributed by atoms with Gasteiger partial charge in [0, 0.05) is 18.0 Å². The van der Waals surface area contributed by atoms with Crippen molar-refractivity contribution in [1.82, 2.24) is 9.99 Å². The number of amides is 1. The van der Waals surface area contributed by atoms with Crippen LogP contribution in [0.1, 0.15) is 15.9 Å². The number of hydrogen-bond acceptors (Lipinski definition) is 3. The molecule has 2 N–H and O–H groups in total. The molecule has 2 rings (SSSR count). The summed E-state index contributed by atoms with van der Waals surface area (Å²) in [5, 5.41) is 1.09. The second-order valence-electron chi connectivity index (χ2n) is 3.80. The Morgan fingerprint density at radius 2 is 1.78 bits per heavy atom. The Morgan fingerprint density at radius 3 is 2.39 bits per heavy atom. The van der Waals surface area contributed by atoms with Crippen molar-refractivity contribution in [3.63, 3.8) is 0 Å². The van der Waals surface area contributed by atoms with E-state index in [1.54, 1.807) is 24.3 Å². The lowest BCUT2D eigenvalue weighted by Gasteiger charge is -2.16. The first-order chi connectivity index (χ1) is 8.66. The first-order valence-electron chi connectivity index (χ1n) is 5.38. The van der Waals surface area contributed by atoms with Crippen LogP contribution >= 0.6 is 0 Å². The fourth-order valence-electron chi connectivity index (χ4n) is 1.52. The Hall–Kier alpha value is -2.27. The molecule has 0 saturated carbocycles. The van der Waals surface area contributed by atoms with Gasteiger partial charge in [0.2, 0.25) is 0 Å². The number of nitrogens with zero attached hydrogens (tertiary/aromatic N) is 2. The normalized spacial score (nSPS) is 10.1.